The van der Waals surface area contributed by atoms with Gasteiger partial charge in [0, 0.05) is 11.1 Å². The number of nitro groups is 1. The maximum atomic E-state index is 12.0. The Morgan fingerprint density at radius 1 is 1.36 bits per heavy atom. The van der Waals surface area contributed by atoms with Crippen LogP contribution < -0.4 is 5.32 Å². The van der Waals surface area contributed by atoms with E-state index in [-0.39, 0.29) is 10.6 Å². The van der Waals surface area contributed by atoms with Crippen LogP contribution in [0.1, 0.15) is 42.5 Å². The lowest BCUT2D eigenvalue weighted by atomic mass is 9.83. The second-order valence-corrected chi connectivity index (χ2v) is 6.23. The van der Waals surface area contributed by atoms with E-state index in [0.29, 0.717) is 12.8 Å². The summed E-state index contributed by atoms with van der Waals surface area (Å²) in [7, 11) is 0. The number of hydrogen-bond acceptors (Lipinski definition) is 6. The van der Waals surface area contributed by atoms with Crippen molar-refractivity contribution in [3.05, 3.63) is 38.9 Å². The van der Waals surface area contributed by atoms with E-state index < -0.39 is 34.6 Å². The van der Waals surface area contributed by atoms with Crippen molar-refractivity contribution in [1.82, 2.24) is 5.32 Å². The number of esters is 1. The molecule has 1 aromatic rings. The van der Waals surface area contributed by atoms with Gasteiger partial charge in [-0.3, -0.25) is 14.9 Å². The molecule has 25 heavy (non-hydrogen) atoms. The van der Waals surface area contributed by atoms with E-state index in [1.54, 1.807) is 0 Å². The number of benzene rings is 1. The first-order chi connectivity index (χ1) is 11.9. The van der Waals surface area contributed by atoms with E-state index in [0.717, 1.165) is 31.4 Å². The van der Waals surface area contributed by atoms with Crippen LogP contribution in [-0.4, -0.2) is 28.9 Å². The Hall–Kier alpha value is -2.66. The molecule has 1 fully saturated rings. The maximum Gasteiger partial charge on any atom is 0.345 e. The van der Waals surface area contributed by atoms with Gasteiger partial charge >= 0.3 is 5.97 Å². The molecule has 132 valence electrons. The van der Waals surface area contributed by atoms with Gasteiger partial charge < -0.3 is 10.1 Å². The van der Waals surface area contributed by atoms with Gasteiger partial charge in [0.25, 0.3) is 11.6 Å². The molecule has 9 heteroatoms. The Bertz CT molecular complexity index is 738. The maximum absolute atomic E-state index is 12.0. The predicted octanol–water partition coefficient (Wildman–Crippen LogP) is 2.75. The first-order valence-corrected chi connectivity index (χ1v) is 8.08. The van der Waals surface area contributed by atoms with Crippen molar-refractivity contribution < 1.29 is 19.2 Å². The third-order valence-electron chi connectivity index (χ3n) is 4.01. The van der Waals surface area contributed by atoms with Gasteiger partial charge in [-0.2, -0.15) is 5.26 Å². The minimum atomic E-state index is -1.03. The summed E-state index contributed by atoms with van der Waals surface area (Å²) in [5.74, 6) is -1.65. The second kappa shape index (κ2) is 7.94. The molecule has 0 spiro atoms. The first kappa shape index (κ1) is 18.7. The molecule has 0 aromatic heterocycles. The highest BCUT2D eigenvalue weighted by atomic mass is 35.5. The molecule has 1 N–H and O–H groups in total. The molecule has 0 unspecified atom stereocenters. The first-order valence-electron chi connectivity index (χ1n) is 7.70. The molecule has 1 aliphatic carbocycles. The molecule has 0 aliphatic heterocycles. The van der Waals surface area contributed by atoms with Crippen molar-refractivity contribution in [2.24, 2.45) is 0 Å². The number of hydrogen-bond donors (Lipinski definition) is 1. The minimum Gasteiger partial charge on any atom is -0.452 e. The zero-order valence-electron chi connectivity index (χ0n) is 13.3. The summed E-state index contributed by atoms with van der Waals surface area (Å²) in [6, 6.07) is 5.60. The molecule has 1 aliphatic rings. The molecule has 1 aromatic carbocycles. The van der Waals surface area contributed by atoms with Gasteiger partial charge in [-0.25, -0.2) is 4.79 Å². The van der Waals surface area contributed by atoms with E-state index in [4.69, 9.17) is 16.3 Å². The van der Waals surface area contributed by atoms with Crippen LogP contribution in [0.25, 0.3) is 0 Å². The van der Waals surface area contributed by atoms with Gasteiger partial charge in [0.05, 0.1) is 11.0 Å². The zero-order chi connectivity index (χ0) is 18.4. The van der Waals surface area contributed by atoms with Crippen LogP contribution in [-0.2, 0) is 9.53 Å². The topological polar surface area (TPSA) is 122 Å². The number of ether oxygens (including phenoxy) is 1. The molecule has 8 nitrogen and oxygen atoms in total. The summed E-state index contributed by atoms with van der Waals surface area (Å²) in [5.41, 5.74) is -1.74. The fourth-order valence-corrected chi connectivity index (χ4v) is 2.93. The summed E-state index contributed by atoms with van der Waals surface area (Å²) < 4.78 is 4.84. The number of halogens is 1. The van der Waals surface area contributed by atoms with Crippen molar-refractivity contribution in [1.29, 1.82) is 5.26 Å². The largest absolute Gasteiger partial charge is 0.452 e. The third kappa shape index (κ3) is 4.67. The molecule has 0 bridgehead atoms. The van der Waals surface area contributed by atoms with Crippen LogP contribution in [0.3, 0.4) is 0 Å². The number of nitrogens with zero attached hydrogens (tertiary/aromatic N) is 2. The SMILES string of the molecule is N#CC1(NC(=O)COC(=O)c2cc(Cl)ccc2[N+](=O)[O-])CCCCC1. The van der Waals surface area contributed by atoms with Gasteiger partial charge in [-0.1, -0.05) is 30.9 Å². The van der Waals surface area contributed by atoms with Crippen molar-refractivity contribution >= 4 is 29.2 Å². The van der Waals surface area contributed by atoms with E-state index in [2.05, 4.69) is 11.4 Å². The number of amides is 1. The molecule has 0 heterocycles. The molecule has 0 radical (unpaired) electrons. The Morgan fingerprint density at radius 3 is 2.64 bits per heavy atom. The average Bonchev–Trinajstić information content (AvgIpc) is 2.60. The molecule has 2 rings (SSSR count). The normalized spacial score (nSPS) is 15.7. The Balaban J connectivity index is 2.00. The quantitative estimate of drug-likeness (QED) is 0.486. The fourth-order valence-electron chi connectivity index (χ4n) is 2.76. The lowest BCUT2D eigenvalue weighted by molar-refractivity contribution is -0.385. The molecule has 1 amide bonds. The van der Waals surface area contributed by atoms with Crippen molar-refractivity contribution in [2.45, 2.75) is 37.6 Å². The highest BCUT2D eigenvalue weighted by Crippen LogP contribution is 2.27. The van der Waals surface area contributed by atoms with Crippen LogP contribution in [0, 0.1) is 21.4 Å². The van der Waals surface area contributed by atoms with Gasteiger partial charge in [0.15, 0.2) is 6.61 Å². The lowest BCUT2D eigenvalue weighted by Crippen LogP contribution is -2.50. The summed E-state index contributed by atoms with van der Waals surface area (Å²) in [6.07, 6.45) is 3.77. The average molecular weight is 366 g/mol. The second-order valence-electron chi connectivity index (χ2n) is 5.80. The summed E-state index contributed by atoms with van der Waals surface area (Å²) in [6.45, 7) is -0.633. The summed E-state index contributed by atoms with van der Waals surface area (Å²) in [4.78, 5) is 34.3. The van der Waals surface area contributed by atoms with Crippen LogP contribution >= 0.6 is 11.6 Å². The number of nitriles is 1. The molecule has 0 atom stereocenters. The van der Waals surface area contributed by atoms with Crippen molar-refractivity contribution in [3.8, 4) is 6.07 Å². The number of rotatable bonds is 5. The Morgan fingerprint density at radius 2 is 2.04 bits per heavy atom. The van der Waals surface area contributed by atoms with Crippen molar-refractivity contribution in [2.75, 3.05) is 6.61 Å². The standard InChI is InChI=1S/C16H16ClN3O5/c17-11-4-5-13(20(23)24)12(8-11)15(22)25-9-14(21)19-16(10-18)6-2-1-3-7-16/h4-5,8H,1-3,6-7,9H2,(H,19,21). The van der Waals surface area contributed by atoms with Crippen LogP contribution in [0.2, 0.25) is 5.02 Å². The van der Waals surface area contributed by atoms with Crippen LogP contribution in [0.4, 0.5) is 5.69 Å². The Labute approximate surface area is 148 Å². The van der Waals surface area contributed by atoms with Crippen molar-refractivity contribution in [3.63, 3.8) is 0 Å². The fraction of sp³-hybridized carbons (Fsp3) is 0.438. The Kier molecular flexibility index (Phi) is 5.93. The molecular weight excluding hydrogens is 350 g/mol. The lowest BCUT2D eigenvalue weighted by Gasteiger charge is -2.31. The van der Waals surface area contributed by atoms with E-state index in [9.17, 15) is 25.0 Å². The number of nitrogens with one attached hydrogen (secondary N) is 1. The number of carbonyl (C=O) groups is 2. The third-order valence-corrected chi connectivity index (χ3v) is 4.24. The molecule has 1 saturated carbocycles. The van der Waals surface area contributed by atoms with Gasteiger partial charge in [-0.15, -0.1) is 0 Å². The highest BCUT2D eigenvalue weighted by molar-refractivity contribution is 6.31. The van der Waals surface area contributed by atoms with Crippen LogP contribution in [0.5, 0.6) is 0 Å². The van der Waals surface area contributed by atoms with E-state index >= 15 is 0 Å². The molecular formula is C16H16ClN3O5. The number of nitro benzene ring substituents is 1. The minimum absolute atomic E-state index is 0.132. The zero-order valence-corrected chi connectivity index (χ0v) is 14.0. The highest BCUT2D eigenvalue weighted by Gasteiger charge is 2.34. The van der Waals surface area contributed by atoms with E-state index in [1.807, 2.05) is 0 Å². The monoisotopic (exact) mass is 365 g/mol. The predicted molar refractivity (Wildman–Crippen MR) is 88.0 cm³/mol. The smallest absolute Gasteiger partial charge is 0.345 e. The summed E-state index contributed by atoms with van der Waals surface area (Å²) >= 11 is 5.75. The van der Waals surface area contributed by atoms with Gasteiger partial charge in [0.2, 0.25) is 0 Å². The molecule has 0 saturated heterocycles. The van der Waals surface area contributed by atoms with Gasteiger partial charge in [-0.05, 0) is 25.0 Å². The van der Waals surface area contributed by atoms with Gasteiger partial charge in [0.1, 0.15) is 11.1 Å². The summed E-state index contributed by atoms with van der Waals surface area (Å²) in [5, 5.41) is 23.0. The van der Waals surface area contributed by atoms with E-state index in [1.165, 1.54) is 6.07 Å². The number of carbonyl (C=O) groups excluding carboxylic acids is 2. The van der Waals surface area contributed by atoms with Crippen LogP contribution in [0.15, 0.2) is 18.2 Å².